The van der Waals surface area contributed by atoms with Crippen LogP contribution in [0, 0.1) is 0 Å². The van der Waals surface area contributed by atoms with Gasteiger partial charge >= 0.3 is 6.09 Å². The second-order valence-corrected chi connectivity index (χ2v) is 7.77. The van der Waals surface area contributed by atoms with Gasteiger partial charge in [-0.15, -0.1) is 0 Å². The van der Waals surface area contributed by atoms with Crippen LogP contribution in [-0.4, -0.2) is 63.5 Å². The van der Waals surface area contributed by atoms with Gasteiger partial charge in [0.1, 0.15) is 23.7 Å². The molecule has 7 heteroatoms. The molecule has 2 aliphatic rings. The zero-order chi connectivity index (χ0) is 19.7. The fourth-order valence-electron chi connectivity index (χ4n) is 3.94. The predicted octanol–water partition coefficient (Wildman–Crippen LogP) is 2.49. The van der Waals surface area contributed by atoms with Crippen LogP contribution in [-0.2, 0) is 11.2 Å². The maximum Gasteiger partial charge on any atom is 0.410 e. The summed E-state index contributed by atoms with van der Waals surface area (Å²) in [6.45, 7) is 5.63. The van der Waals surface area contributed by atoms with Crippen LogP contribution in [0.2, 0.25) is 0 Å². The second kappa shape index (κ2) is 7.22. The maximum atomic E-state index is 13.1. The summed E-state index contributed by atoms with van der Waals surface area (Å²) < 4.78 is 5.38. The molecular weight excluding hydrogens is 356 g/mol. The maximum absolute atomic E-state index is 13.1. The van der Waals surface area contributed by atoms with Gasteiger partial charge in [-0.25, -0.2) is 14.8 Å². The number of hydrogen-bond donors (Lipinski definition) is 0. The van der Waals surface area contributed by atoms with E-state index in [1.807, 2.05) is 44.2 Å². The molecule has 0 aliphatic carbocycles. The van der Waals surface area contributed by atoms with Crippen LogP contribution in [0.1, 0.15) is 41.6 Å². The number of piperazine rings is 1. The van der Waals surface area contributed by atoms with Gasteiger partial charge < -0.3 is 9.64 Å². The average Bonchev–Trinajstić information content (AvgIpc) is 3.04. The summed E-state index contributed by atoms with van der Waals surface area (Å²) in [5, 5.41) is 0. The third kappa shape index (κ3) is 3.32. The molecule has 3 heterocycles. The van der Waals surface area contributed by atoms with E-state index in [-0.39, 0.29) is 24.5 Å². The zero-order valence-corrected chi connectivity index (χ0v) is 16.2. The molecular formula is C21H24N4O3. The van der Waals surface area contributed by atoms with Crippen molar-refractivity contribution >= 4 is 12.0 Å². The van der Waals surface area contributed by atoms with E-state index < -0.39 is 5.54 Å². The lowest BCUT2D eigenvalue weighted by Gasteiger charge is -2.44. The van der Waals surface area contributed by atoms with Crippen molar-refractivity contribution in [2.45, 2.75) is 31.7 Å². The van der Waals surface area contributed by atoms with Gasteiger partial charge in [-0.05, 0) is 11.6 Å². The van der Waals surface area contributed by atoms with E-state index in [0.29, 0.717) is 37.6 Å². The number of ether oxygens (including phenoxy) is 1. The molecule has 1 aromatic carbocycles. The molecule has 0 spiro atoms. The van der Waals surface area contributed by atoms with Crippen LogP contribution >= 0.6 is 0 Å². The molecule has 0 saturated carbocycles. The molecule has 2 saturated heterocycles. The Hall–Kier alpha value is -2.96. The minimum absolute atomic E-state index is 0.129. The van der Waals surface area contributed by atoms with E-state index in [1.54, 1.807) is 22.1 Å². The number of amides is 2. The summed E-state index contributed by atoms with van der Waals surface area (Å²) >= 11 is 0. The molecule has 1 aromatic heterocycles. The Morgan fingerprint density at radius 1 is 1.21 bits per heavy atom. The molecule has 0 radical (unpaired) electrons. The van der Waals surface area contributed by atoms with Crippen molar-refractivity contribution in [2.24, 2.45) is 0 Å². The van der Waals surface area contributed by atoms with Crippen molar-refractivity contribution in [1.29, 1.82) is 0 Å². The smallest absolute Gasteiger partial charge is 0.410 e. The molecule has 2 fully saturated rings. The zero-order valence-electron chi connectivity index (χ0n) is 16.2. The minimum atomic E-state index is -0.541. The SMILES string of the molecule is CC(C)c1nccc(C(=O)N2CCN3C(=O)OCC3(Cc3ccccc3)C2)n1. The lowest BCUT2D eigenvalue weighted by molar-refractivity contribution is 0.0370. The third-order valence-electron chi connectivity index (χ3n) is 5.41. The number of carbonyl (C=O) groups is 2. The Kier molecular flexibility index (Phi) is 4.75. The highest BCUT2D eigenvalue weighted by Gasteiger charge is 2.51. The highest BCUT2D eigenvalue weighted by Crippen LogP contribution is 2.32. The van der Waals surface area contributed by atoms with E-state index in [2.05, 4.69) is 9.97 Å². The van der Waals surface area contributed by atoms with Crippen LogP contribution < -0.4 is 0 Å². The summed E-state index contributed by atoms with van der Waals surface area (Å²) in [6.07, 6.45) is 1.98. The van der Waals surface area contributed by atoms with Crippen LogP contribution in [0.4, 0.5) is 4.79 Å². The summed E-state index contributed by atoms with van der Waals surface area (Å²) in [6, 6.07) is 11.7. The number of nitrogens with zero attached hydrogens (tertiary/aromatic N) is 4. The topological polar surface area (TPSA) is 75.6 Å². The van der Waals surface area contributed by atoms with Gasteiger partial charge in [0.25, 0.3) is 5.91 Å². The van der Waals surface area contributed by atoms with E-state index >= 15 is 0 Å². The molecule has 7 nitrogen and oxygen atoms in total. The fourth-order valence-corrected chi connectivity index (χ4v) is 3.94. The monoisotopic (exact) mass is 380 g/mol. The number of carbonyl (C=O) groups excluding carboxylic acids is 2. The Balaban J connectivity index is 1.59. The molecule has 146 valence electrons. The number of rotatable bonds is 4. The van der Waals surface area contributed by atoms with Gasteiger partial charge in [0.2, 0.25) is 0 Å². The summed E-state index contributed by atoms with van der Waals surface area (Å²) in [5.74, 6) is 0.675. The third-order valence-corrected chi connectivity index (χ3v) is 5.41. The first-order chi connectivity index (χ1) is 13.5. The quantitative estimate of drug-likeness (QED) is 0.815. The molecule has 2 amide bonds. The van der Waals surface area contributed by atoms with Crippen molar-refractivity contribution < 1.29 is 14.3 Å². The van der Waals surface area contributed by atoms with Gasteiger partial charge in [-0.1, -0.05) is 44.2 Å². The molecule has 2 aliphatic heterocycles. The first kappa shape index (κ1) is 18.4. The second-order valence-electron chi connectivity index (χ2n) is 7.77. The molecule has 1 atom stereocenters. The summed E-state index contributed by atoms with van der Waals surface area (Å²) in [5.41, 5.74) is 0.969. The van der Waals surface area contributed by atoms with Crippen LogP contribution in [0.15, 0.2) is 42.6 Å². The molecule has 2 aromatic rings. The van der Waals surface area contributed by atoms with Crippen molar-refractivity contribution in [3.63, 3.8) is 0 Å². The van der Waals surface area contributed by atoms with Crippen molar-refractivity contribution in [3.8, 4) is 0 Å². The average molecular weight is 380 g/mol. The van der Waals surface area contributed by atoms with Gasteiger partial charge in [0.05, 0.1) is 0 Å². The lowest BCUT2D eigenvalue weighted by atomic mass is 9.88. The number of fused-ring (bicyclic) bond motifs is 1. The van der Waals surface area contributed by atoms with Crippen molar-refractivity contribution in [2.75, 3.05) is 26.2 Å². The number of benzene rings is 1. The Morgan fingerprint density at radius 3 is 2.75 bits per heavy atom. The largest absolute Gasteiger partial charge is 0.447 e. The molecule has 28 heavy (non-hydrogen) atoms. The van der Waals surface area contributed by atoms with Crippen molar-refractivity contribution in [3.05, 3.63) is 59.7 Å². The van der Waals surface area contributed by atoms with E-state index in [0.717, 1.165) is 5.56 Å². The van der Waals surface area contributed by atoms with Gasteiger partial charge in [0.15, 0.2) is 0 Å². The molecule has 0 N–H and O–H groups in total. The van der Waals surface area contributed by atoms with E-state index in [1.165, 1.54) is 0 Å². The summed E-state index contributed by atoms with van der Waals surface area (Å²) in [7, 11) is 0. The Labute approximate surface area is 164 Å². The first-order valence-corrected chi connectivity index (χ1v) is 9.59. The first-order valence-electron chi connectivity index (χ1n) is 9.59. The number of aromatic nitrogens is 2. The molecule has 1 unspecified atom stereocenters. The van der Waals surface area contributed by atoms with Gasteiger partial charge in [-0.2, -0.15) is 0 Å². The highest BCUT2D eigenvalue weighted by atomic mass is 16.6. The predicted molar refractivity (Wildman–Crippen MR) is 103 cm³/mol. The normalized spacial score (nSPS) is 21.6. The minimum Gasteiger partial charge on any atom is -0.447 e. The lowest BCUT2D eigenvalue weighted by Crippen LogP contribution is -2.63. The van der Waals surface area contributed by atoms with Crippen LogP contribution in [0.25, 0.3) is 0 Å². The standard InChI is InChI=1S/C21H24N4O3/c1-15(2)18-22-9-8-17(23-18)19(26)24-10-11-25-20(27)28-14-21(25,13-24)12-16-6-4-3-5-7-16/h3-9,15H,10-14H2,1-2H3. The van der Waals surface area contributed by atoms with Gasteiger partial charge in [0, 0.05) is 38.2 Å². The number of cyclic esters (lactones) is 1. The van der Waals surface area contributed by atoms with E-state index in [4.69, 9.17) is 4.74 Å². The van der Waals surface area contributed by atoms with Crippen molar-refractivity contribution in [1.82, 2.24) is 19.8 Å². The Bertz CT molecular complexity index is 886. The van der Waals surface area contributed by atoms with Gasteiger partial charge in [-0.3, -0.25) is 9.69 Å². The fraction of sp³-hybridized carbons (Fsp3) is 0.429. The Morgan fingerprint density at radius 2 is 2.00 bits per heavy atom. The summed E-state index contributed by atoms with van der Waals surface area (Å²) in [4.78, 5) is 37.6. The van der Waals surface area contributed by atoms with E-state index in [9.17, 15) is 9.59 Å². The molecule has 4 rings (SSSR count). The molecule has 0 bridgehead atoms. The highest BCUT2D eigenvalue weighted by molar-refractivity contribution is 5.92. The number of hydrogen-bond acceptors (Lipinski definition) is 5. The van der Waals surface area contributed by atoms with Crippen LogP contribution in [0.5, 0.6) is 0 Å². The van der Waals surface area contributed by atoms with Crippen LogP contribution in [0.3, 0.4) is 0 Å².